The zero-order valence-electron chi connectivity index (χ0n) is 14.4. The molecule has 0 unspecified atom stereocenters. The molecule has 0 atom stereocenters. The van der Waals surface area contributed by atoms with E-state index in [-0.39, 0.29) is 11.0 Å². The fraction of sp³-hybridized carbons (Fsp3) is 0.400. The van der Waals surface area contributed by atoms with E-state index in [0.29, 0.717) is 0 Å². The van der Waals surface area contributed by atoms with Gasteiger partial charge < -0.3 is 10.0 Å². The molecule has 0 saturated carbocycles. The molecule has 4 heteroatoms. The van der Waals surface area contributed by atoms with Crippen LogP contribution in [-0.4, -0.2) is 11.7 Å². The SMILES string of the molecule is CCCCCN1/C(=C/c2c(O)c(=O)c2=O)C(C)(C)c2ccccc21. The third kappa shape index (κ3) is 2.37. The van der Waals surface area contributed by atoms with Crippen molar-refractivity contribution in [2.24, 2.45) is 0 Å². The lowest BCUT2D eigenvalue weighted by Crippen LogP contribution is -2.34. The number of hydrogen-bond acceptors (Lipinski definition) is 4. The molecule has 0 amide bonds. The molecule has 0 aromatic heterocycles. The number of nitrogens with zero attached hydrogens (tertiary/aromatic N) is 1. The first-order chi connectivity index (χ1) is 11.4. The lowest BCUT2D eigenvalue weighted by atomic mass is 9.83. The van der Waals surface area contributed by atoms with Gasteiger partial charge in [-0.15, -0.1) is 0 Å². The molecule has 0 radical (unpaired) electrons. The molecule has 126 valence electrons. The quantitative estimate of drug-likeness (QED) is 0.677. The van der Waals surface area contributed by atoms with Gasteiger partial charge in [0.2, 0.25) is 5.43 Å². The van der Waals surface area contributed by atoms with Crippen LogP contribution in [0.3, 0.4) is 0 Å². The second-order valence-corrected chi connectivity index (χ2v) is 6.95. The molecule has 2 aromatic rings. The molecule has 3 rings (SSSR count). The van der Waals surface area contributed by atoms with Gasteiger partial charge in [0, 0.05) is 23.3 Å². The third-order valence-electron chi connectivity index (χ3n) is 4.99. The Hall–Kier alpha value is -2.36. The number of benzene rings is 1. The van der Waals surface area contributed by atoms with Gasteiger partial charge in [-0.3, -0.25) is 9.59 Å². The monoisotopic (exact) mass is 325 g/mol. The molecular weight excluding hydrogens is 302 g/mol. The van der Waals surface area contributed by atoms with Crippen molar-refractivity contribution in [2.45, 2.75) is 45.4 Å². The number of anilines is 1. The Morgan fingerprint density at radius 2 is 1.83 bits per heavy atom. The molecule has 1 aliphatic rings. The summed E-state index contributed by atoms with van der Waals surface area (Å²) >= 11 is 0. The Kier molecular flexibility index (Phi) is 4.08. The molecule has 1 heterocycles. The van der Waals surface area contributed by atoms with E-state index in [9.17, 15) is 14.7 Å². The molecule has 0 spiro atoms. The van der Waals surface area contributed by atoms with E-state index in [1.54, 1.807) is 6.08 Å². The van der Waals surface area contributed by atoms with E-state index in [1.165, 1.54) is 5.56 Å². The van der Waals surface area contributed by atoms with Crippen LogP contribution in [0.5, 0.6) is 5.75 Å². The molecule has 1 N–H and O–H groups in total. The number of hydrogen-bond donors (Lipinski definition) is 1. The summed E-state index contributed by atoms with van der Waals surface area (Å²) in [7, 11) is 0. The van der Waals surface area contributed by atoms with E-state index in [0.717, 1.165) is 37.2 Å². The van der Waals surface area contributed by atoms with Crippen LogP contribution in [0, 0.1) is 0 Å². The average molecular weight is 325 g/mol. The smallest absolute Gasteiger partial charge is 0.268 e. The fourth-order valence-corrected chi connectivity index (χ4v) is 3.53. The van der Waals surface area contributed by atoms with Crippen molar-refractivity contribution in [3.8, 4) is 5.75 Å². The van der Waals surface area contributed by atoms with Crippen molar-refractivity contribution in [1.29, 1.82) is 0 Å². The van der Waals surface area contributed by atoms with E-state index in [2.05, 4.69) is 37.8 Å². The highest BCUT2D eigenvalue weighted by Gasteiger charge is 2.40. The maximum absolute atomic E-state index is 11.8. The predicted molar refractivity (Wildman–Crippen MR) is 97.3 cm³/mol. The van der Waals surface area contributed by atoms with Crippen LogP contribution in [-0.2, 0) is 5.41 Å². The second kappa shape index (κ2) is 5.93. The molecule has 0 fully saturated rings. The lowest BCUT2D eigenvalue weighted by Gasteiger charge is -2.27. The van der Waals surface area contributed by atoms with Gasteiger partial charge in [0.25, 0.3) is 5.43 Å². The van der Waals surface area contributed by atoms with Crippen molar-refractivity contribution in [2.75, 3.05) is 11.4 Å². The zero-order valence-corrected chi connectivity index (χ0v) is 14.4. The van der Waals surface area contributed by atoms with Crippen LogP contribution in [0.25, 0.3) is 6.08 Å². The average Bonchev–Trinajstić information content (AvgIpc) is 2.80. The van der Waals surface area contributed by atoms with Crippen LogP contribution < -0.4 is 15.8 Å². The fourth-order valence-electron chi connectivity index (χ4n) is 3.53. The van der Waals surface area contributed by atoms with E-state index in [1.807, 2.05) is 12.1 Å². The van der Waals surface area contributed by atoms with Crippen LogP contribution in [0.4, 0.5) is 5.69 Å². The molecule has 0 aliphatic carbocycles. The highest BCUT2D eigenvalue weighted by molar-refractivity contribution is 5.77. The van der Waals surface area contributed by atoms with Gasteiger partial charge in [0.05, 0.1) is 5.56 Å². The Labute approximate surface area is 141 Å². The van der Waals surface area contributed by atoms with E-state index in [4.69, 9.17) is 0 Å². The lowest BCUT2D eigenvalue weighted by molar-refractivity contribution is 0.461. The van der Waals surface area contributed by atoms with Gasteiger partial charge in [-0.05, 0) is 24.1 Å². The van der Waals surface area contributed by atoms with Gasteiger partial charge in [-0.25, -0.2) is 0 Å². The molecule has 4 nitrogen and oxygen atoms in total. The zero-order chi connectivity index (χ0) is 17.5. The number of allylic oxidation sites excluding steroid dienone is 1. The summed E-state index contributed by atoms with van der Waals surface area (Å²) in [6.45, 7) is 7.25. The van der Waals surface area contributed by atoms with E-state index >= 15 is 0 Å². The minimum atomic E-state index is -0.785. The van der Waals surface area contributed by atoms with E-state index < -0.39 is 16.6 Å². The first-order valence-electron chi connectivity index (χ1n) is 8.51. The number of para-hydroxylation sites is 1. The number of fused-ring (bicyclic) bond motifs is 1. The molecular formula is C20H23NO3. The molecule has 24 heavy (non-hydrogen) atoms. The maximum atomic E-state index is 11.8. The Morgan fingerprint density at radius 1 is 1.12 bits per heavy atom. The maximum Gasteiger partial charge on any atom is 0.268 e. The summed E-state index contributed by atoms with van der Waals surface area (Å²) in [5.74, 6) is -0.409. The minimum Gasteiger partial charge on any atom is -0.504 e. The summed E-state index contributed by atoms with van der Waals surface area (Å²) in [5, 5.41) is 9.74. The highest BCUT2D eigenvalue weighted by atomic mass is 16.3. The topological polar surface area (TPSA) is 57.6 Å². The summed E-state index contributed by atoms with van der Waals surface area (Å²) in [5.41, 5.74) is 1.77. The van der Waals surface area contributed by atoms with Gasteiger partial charge in [0.1, 0.15) is 0 Å². The van der Waals surface area contributed by atoms with Gasteiger partial charge in [-0.2, -0.15) is 0 Å². The number of unbranched alkanes of at least 4 members (excludes halogenated alkanes) is 2. The number of aromatic hydroxyl groups is 1. The van der Waals surface area contributed by atoms with Crippen molar-refractivity contribution >= 4 is 11.8 Å². The largest absolute Gasteiger partial charge is 0.504 e. The highest BCUT2D eigenvalue weighted by Crippen LogP contribution is 2.48. The van der Waals surface area contributed by atoms with Crippen molar-refractivity contribution < 1.29 is 5.11 Å². The van der Waals surface area contributed by atoms with Crippen molar-refractivity contribution in [1.82, 2.24) is 0 Å². The minimum absolute atomic E-state index is 0.136. The van der Waals surface area contributed by atoms with Gasteiger partial charge in [-0.1, -0.05) is 51.8 Å². The molecule has 1 aliphatic heterocycles. The van der Waals surface area contributed by atoms with Gasteiger partial charge in [0.15, 0.2) is 5.75 Å². The summed E-state index contributed by atoms with van der Waals surface area (Å²) in [4.78, 5) is 25.3. The second-order valence-electron chi connectivity index (χ2n) is 6.95. The standard InChI is InChI=1S/C20H23NO3/c1-4-5-8-11-21-15-10-7-6-9-14(15)20(2,3)16(21)12-13-17(22)19(24)18(13)23/h6-7,9-10,12,22H,4-5,8,11H2,1-3H3/b16-12+. The van der Waals surface area contributed by atoms with Crippen LogP contribution in [0.15, 0.2) is 39.6 Å². The summed E-state index contributed by atoms with van der Waals surface area (Å²) in [6.07, 6.45) is 5.02. The normalized spacial score (nSPS) is 17.6. The molecule has 0 bridgehead atoms. The van der Waals surface area contributed by atoms with Crippen LogP contribution >= 0.6 is 0 Å². The first kappa shape index (κ1) is 16.5. The predicted octanol–water partition coefficient (Wildman–Crippen LogP) is 3.32. The summed E-state index contributed by atoms with van der Waals surface area (Å²) < 4.78 is 0. The van der Waals surface area contributed by atoms with Crippen molar-refractivity contribution in [3.05, 3.63) is 61.5 Å². The Balaban J connectivity index is 2.08. The Bertz CT molecular complexity index is 869. The molecule has 0 saturated heterocycles. The van der Waals surface area contributed by atoms with Gasteiger partial charge >= 0.3 is 0 Å². The molecule has 2 aromatic carbocycles. The van der Waals surface area contributed by atoms with Crippen LogP contribution in [0.2, 0.25) is 0 Å². The number of rotatable bonds is 5. The summed E-state index contributed by atoms with van der Waals surface area (Å²) in [6, 6.07) is 8.22. The first-order valence-corrected chi connectivity index (χ1v) is 8.51. The van der Waals surface area contributed by atoms with Crippen LogP contribution in [0.1, 0.15) is 51.2 Å². The third-order valence-corrected chi connectivity index (χ3v) is 4.99. The van der Waals surface area contributed by atoms with Crippen molar-refractivity contribution in [3.63, 3.8) is 0 Å². The Morgan fingerprint density at radius 3 is 2.50 bits per heavy atom.